The summed E-state index contributed by atoms with van der Waals surface area (Å²) >= 11 is 0. The van der Waals surface area contributed by atoms with Crippen molar-refractivity contribution in [3.05, 3.63) is 119 Å². The standard InChI is InChI=1S/2C16H20N2O4S/c2*1-13-10-17-16(18-11-13)9-15(23(19,20)21)7-8-22-12-14-5-3-2-4-6-14/h2*2-6,10-11,15H,7-9,12H2,1H3,(H,19,20,21)/t2*15-/m10/s1. The first kappa shape index (κ1) is 36.8. The minimum atomic E-state index is -4.18. The van der Waals surface area contributed by atoms with Crippen LogP contribution in [-0.2, 0) is 55.8 Å². The van der Waals surface area contributed by atoms with E-state index in [9.17, 15) is 25.9 Å². The number of hydrogen-bond acceptors (Lipinski definition) is 10. The van der Waals surface area contributed by atoms with Gasteiger partial charge in [-0.15, -0.1) is 0 Å². The molecule has 248 valence electrons. The lowest BCUT2D eigenvalue weighted by Crippen LogP contribution is -2.25. The molecule has 46 heavy (non-hydrogen) atoms. The van der Waals surface area contributed by atoms with Gasteiger partial charge in [-0.2, -0.15) is 16.8 Å². The van der Waals surface area contributed by atoms with Crippen molar-refractivity contribution in [2.24, 2.45) is 0 Å². The van der Waals surface area contributed by atoms with Crippen LogP contribution in [0.1, 0.15) is 46.7 Å². The second kappa shape index (κ2) is 18.5. The first-order valence-corrected chi connectivity index (χ1v) is 17.6. The van der Waals surface area contributed by atoms with Gasteiger partial charge in [-0.05, 0) is 48.9 Å². The van der Waals surface area contributed by atoms with E-state index >= 15 is 0 Å². The molecule has 2 heterocycles. The summed E-state index contributed by atoms with van der Waals surface area (Å²) in [6, 6.07) is 19.2. The van der Waals surface area contributed by atoms with Crippen molar-refractivity contribution in [1.82, 2.24) is 19.9 Å². The SMILES string of the molecule is Cc1cnc(C[C@@H](CCOCc2ccccc2)S(=O)(=O)O)nc1.Cc1cnc(C[C@H](CCOCc2ccccc2)S(=O)(=O)O)nc1. The lowest BCUT2D eigenvalue weighted by Gasteiger charge is -2.13. The maximum Gasteiger partial charge on any atom is 0.268 e. The topological polar surface area (TPSA) is 179 Å². The Kier molecular flexibility index (Phi) is 14.8. The van der Waals surface area contributed by atoms with Crippen LogP contribution >= 0.6 is 0 Å². The predicted octanol–water partition coefficient (Wildman–Crippen LogP) is 4.38. The first-order chi connectivity index (χ1) is 21.9. The van der Waals surface area contributed by atoms with E-state index in [0.29, 0.717) is 24.9 Å². The van der Waals surface area contributed by atoms with Crippen LogP contribution in [0.3, 0.4) is 0 Å². The van der Waals surface area contributed by atoms with Crippen LogP contribution in [0.4, 0.5) is 0 Å². The fourth-order valence-corrected chi connectivity index (χ4v) is 5.63. The van der Waals surface area contributed by atoms with E-state index < -0.39 is 30.7 Å². The molecule has 0 aliphatic rings. The molecule has 0 saturated carbocycles. The highest BCUT2D eigenvalue weighted by atomic mass is 32.2. The number of aryl methyl sites for hydroxylation is 2. The van der Waals surface area contributed by atoms with Crippen LogP contribution in [0.25, 0.3) is 0 Å². The summed E-state index contributed by atoms with van der Waals surface area (Å²) in [5, 5.41) is -1.94. The molecule has 0 bridgehead atoms. The molecular formula is C32H40N4O8S2. The molecule has 0 aliphatic carbocycles. The summed E-state index contributed by atoms with van der Waals surface area (Å²) in [6.07, 6.45) is 6.97. The maximum atomic E-state index is 11.5. The molecule has 14 heteroatoms. The summed E-state index contributed by atoms with van der Waals surface area (Å²) in [5.74, 6) is 0.780. The van der Waals surface area contributed by atoms with Crippen molar-refractivity contribution in [3.8, 4) is 0 Å². The van der Waals surface area contributed by atoms with Gasteiger partial charge in [-0.1, -0.05) is 60.7 Å². The molecule has 2 N–H and O–H groups in total. The van der Waals surface area contributed by atoms with Gasteiger partial charge in [0, 0.05) is 50.8 Å². The van der Waals surface area contributed by atoms with Crippen LogP contribution in [0.2, 0.25) is 0 Å². The van der Waals surface area contributed by atoms with E-state index in [4.69, 9.17) is 9.47 Å². The highest BCUT2D eigenvalue weighted by molar-refractivity contribution is 7.86. The molecule has 0 spiro atoms. The van der Waals surface area contributed by atoms with Gasteiger partial charge in [-0.25, -0.2) is 19.9 Å². The highest BCUT2D eigenvalue weighted by Crippen LogP contribution is 2.13. The van der Waals surface area contributed by atoms with Gasteiger partial charge in [0.1, 0.15) is 11.6 Å². The lowest BCUT2D eigenvalue weighted by molar-refractivity contribution is 0.117. The number of benzene rings is 2. The summed E-state index contributed by atoms with van der Waals surface area (Å²) in [4.78, 5) is 16.3. The van der Waals surface area contributed by atoms with E-state index in [-0.39, 0.29) is 38.9 Å². The summed E-state index contributed by atoms with van der Waals surface area (Å²) in [7, 11) is -8.36. The van der Waals surface area contributed by atoms with Crippen LogP contribution in [0.15, 0.2) is 85.5 Å². The second-order valence-corrected chi connectivity index (χ2v) is 14.1. The van der Waals surface area contributed by atoms with E-state index in [0.717, 1.165) is 22.3 Å². The molecule has 2 aromatic heterocycles. The van der Waals surface area contributed by atoms with Gasteiger partial charge in [0.15, 0.2) is 0 Å². The van der Waals surface area contributed by atoms with Crippen molar-refractivity contribution in [2.75, 3.05) is 13.2 Å². The zero-order chi connectivity index (χ0) is 33.4. The highest BCUT2D eigenvalue weighted by Gasteiger charge is 2.25. The molecule has 12 nitrogen and oxygen atoms in total. The minimum absolute atomic E-state index is 0.0633. The van der Waals surface area contributed by atoms with Gasteiger partial charge in [0.05, 0.1) is 23.7 Å². The van der Waals surface area contributed by atoms with Crippen molar-refractivity contribution in [3.63, 3.8) is 0 Å². The Morgan fingerprint density at radius 1 is 0.587 bits per heavy atom. The van der Waals surface area contributed by atoms with Gasteiger partial charge < -0.3 is 9.47 Å². The molecular weight excluding hydrogens is 633 g/mol. The van der Waals surface area contributed by atoms with E-state index in [1.54, 1.807) is 24.8 Å². The van der Waals surface area contributed by atoms with Crippen LogP contribution < -0.4 is 0 Å². The summed E-state index contributed by atoms with van der Waals surface area (Å²) < 4.78 is 75.8. The molecule has 0 saturated heterocycles. The first-order valence-electron chi connectivity index (χ1n) is 14.6. The number of nitrogens with zero attached hydrogens (tertiary/aromatic N) is 4. The average Bonchev–Trinajstić information content (AvgIpc) is 3.02. The Labute approximate surface area is 270 Å². The number of aromatic nitrogens is 4. The number of ether oxygens (including phenoxy) is 2. The van der Waals surface area contributed by atoms with E-state index in [1.165, 1.54) is 0 Å². The third-order valence-electron chi connectivity index (χ3n) is 6.72. The molecule has 0 unspecified atom stereocenters. The molecule has 2 aromatic carbocycles. The molecule has 4 rings (SSSR count). The molecule has 0 aliphatic heterocycles. The van der Waals surface area contributed by atoms with Crippen LogP contribution in [0, 0.1) is 13.8 Å². The quantitative estimate of drug-likeness (QED) is 0.127. The monoisotopic (exact) mass is 672 g/mol. The Bertz CT molecular complexity index is 1530. The number of rotatable bonds is 16. The van der Waals surface area contributed by atoms with Gasteiger partial charge in [0.2, 0.25) is 0 Å². The van der Waals surface area contributed by atoms with E-state index in [1.807, 2.05) is 74.5 Å². The van der Waals surface area contributed by atoms with Crippen molar-refractivity contribution >= 4 is 20.2 Å². The zero-order valence-corrected chi connectivity index (χ0v) is 27.5. The lowest BCUT2D eigenvalue weighted by atomic mass is 10.2. The minimum Gasteiger partial charge on any atom is -0.377 e. The van der Waals surface area contributed by atoms with Crippen LogP contribution in [-0.4, -0.2) is 69.6 Å². The Hall–Kier alpha value is -3.66. The molecule has 0 amide bonds. The third kappa shape index (κ3) is 14.2. The maximum absolute atomic E-state index is 11.5. The fourth-order valence-electron chi connectivity index (χ4n) is 4.13. The van der Waals surface area contributed by atoms with Crippen LogP contribution in [0.5, 0.6) is 0 Å². The molecule has 0 fully saturated rings. The summed E-state index contributed by atoms with van der Waals surface area (Å²) in [5.41, 5.74) is 3.81. The molecule has 2 atom stereocenters. The van der Waals surface area contributed by atoms with E-state index in [2.05, 4.69) is 19.9 Å². The van der Waals surface area contributed by atoms with Gasteiger partial charge in [0.25, 0.3) is 20.2 Å². The Morgan fingerprint density at radius 3 is 1.22 bits per heavy atom. The Morgan fingerprint density at radius 2 is 0.913 bits per heavy atom. The smallest absolute Gasteiger partial charge is 0.268 e. The Balaban J connectivity index is 0.000000250. The van der Waals surface area contributed by atoms with Crippen molar-refractivity contribution < 1.29 is 35.4 Å². The van der Waals surface area contributed by atoms with Crippen molar-refractivity contribution in [1.29, 1.82) is 0 Å². The average molecular weight is 673 g/mol. The zero-order valence-electron chi connectivity index (χ0n) is 25.8. The van der Waals surface area contributed by atoms with Gasteiger partial charge >= 0.3 is 0 Å². The number of hydrogen-bond donors (Lipinski definition) is 2. The van der Waals surface area contributed by atoms with Crippen molar-refractivity contribution in [2.45, 2.75) is 63.2 Å². The normalized spacial score (nSPS) is 13.0. The molecule has 4 aromatic rings. The van der Waals surface area contributed by atoms with Gasteiger partial charge in [-0.3, -0.25) is 9.11 Å². The fraction of sp³-hybridized carbons (Fsp3) is 0.375. The second-order valence-electron chi connectivity index (χ2n) is 10.7. The largest absolute Gasteiger partial charge is 0.377 e. The predicted molar refractivity (Wildman–Crippen MR) is 173 cm³/mol. The summed E-state index contributed by atoms with van der Waals surface area (Å²) in [6.45, 7) is 4.96. The third-order valence-corrected chi connectivity index (χ3v) is 9.21. The molecule has 0 radical (unpaired) electrons.